The average Bonchev–Trinajstić information content (AvgIpc) is 2.36. The van der Waals surface area contributed by atoms with Gasteiger partial charge in [-0.3, -0.25) is 0 Å². The molecule has 0 unspecified atom stereocenters. The van der Waals surface area contributed by atoms with Gasteiger partial charge in [0.15, 0.2) is 0 Å². The molecule has 0 aliphatic rings. The summed E-state index contributed by atoms with van der Waals surface area (Å²) in [6.45, 7) is 2.46. The van der Waals surface area contributed by atoms with E-state index in [4.69, 9.17) is 22.1 Å². The zero-order chi connectivity index (χ0) is 13.0. The average molecular weight is 264 g/mol. The van der Waals surface area contributed by atoms with E-state index in [1.165, 1.54) is 0 Å². The van der Waals surface area contributed by atoms with Crippen molar-refractivity contribution in [3.8, 4) is 5.75 Å². The summed E-state index contributed by atoms with van der Waals surface area (Å²) in [5.74, 6) is 1.52. The van der Waals surface area contributed by atoms with E-state index in [2.05, 4.69) is 9.97 Å². The SMILES string of the molecule is Cc1cc(OCCc2ncc(N)cn2)ccc1Cl. The number of nitrogens with two attached hydrogens (primary N) is 1. The lowest BCUT2D eigenvalue weighted by Crippen LogP contribution is -2.05. The van der Waals surface area contributed by atoms with Gasteiger partial charge in [0.2, 0.25) is 0 Å². The van der Waals surface area contributed by atoms with Crippen LogP contribution in [-0.2, 0) is 6.42 Å². The predicted octanol–water partition coefficient (Wildman–Crippen LogP) is 2.64. The van der Waals surface area contributed by atoms with Gasteiger partial charge in [-0.1, -0.05) is 11.6 Å². The Morgan fingerprint density at radius 1 is 1.28 bits per heavy atom. The van der Waals surface area contributed by atoms with Crippen molar-refractivity contribution in [3.63, 3.8) is 0 Å². The molecule has 18 heavy (non-hydrogen) atoms. The van der Waals surface area contributed by atoms with Gasteiger partial charge in [-0.15, -0.1) is 0 Å². The van der Waals surface area contributed by atoms with Crippen molar-refractivity contribution in [1.29, 1.82) is 0 Å². The van der Waals surface area contributed by atoms with Crippen LogP contribution >= 0.6 is 11.6 Å². The van der Waals surface area contributed by atoms with E-state index in [0.29, 0.717) is 18.7 Å². The number of nitrogen functional groups attached to an aromatic ring is 1. The first kappa shape index (κ1) is 12.6. The highest BCUT2D eigenvalue weighted by molar-refractivity contribution is 6.31. The number of hydrogen-bond donors (Lipinski definition) is 1. The van der Waals surface area contributed by atoms with Crippen LogP contribution in [0.25, 0.3) is 0 Å². The number of aryl methyl sites for hydroxylation is 1. The smallest absolute Gasteiger partial charge is 0.131 e. The van der Waals surface area contributed by atoms with Crippen molar-refractivity contribution in [2.45, 2.75) is 13.3 Å². The van der Waals surface area contributed by atoms with E-state index >= 15 is 0 Å². The molecular formula is C13H14ClN3O. The van der Waals surface area contributed by atoms with Crippen molar-refractivity contribution < 1.29 is 4.74 Å². The molecule has 0 aliphatic heterocycles. The lowest BCUT2D eigenvalue weighted by Gasteiger charge is -2.07. The zero-order valence-electron chi connectivity index (χ0n) is 10.1. The molecule has 4 nitrogen and oxygen atoms in total. The molecule has 0 atom stereocenters. The summed E-state index contributed by atoms with van der Waals surface area (Å²) < 4.78 is 5.61. The molecule has 1 heterocycles. The molecular weight excluding hydrogens is 250 g/mol. The van der Waals surface area contributed by atoms with Gasteiger partial charge in [-0.2, -0.15) is 0 Å². The minimum atomic E-state index is 0.519. The summed E-state index contributed by atoms with van der Waals surface area (Å²) in [4.78, 5) is 8.21. The third-order valence-corrected chi connectivity index (χ3v) is 2.87. The number of aromatic nitrogens is 2. The highest BCUT2D eigenvalue weighted by Crippen LogP contribution is 2.21. The van der Waals surface area contributed by atoms with Gasteiger partial charge < -0.3 is 10.5 Å². The molecule has 0 fully saturated rings. The monoisotopic (exact) mass is 263 g/mol. The number of hydrogen-bond acceptors (Lipinski definition) is 4. The van der Waals surface area contributed by atoms with Gasteiger partial charge in [-0.25, -0.2) is 9.97 Å². The van der Waals surface area contributed by atoms with Crippen LogP contribution in [0.2, 0.25) is 5.02 Å². The Morgan fingerprint density at radius 2 is 2.00 bits per heavy atom. The van der Waals surface area contributed by atoms with E-state index in [9.17, 15) is 0 Å². The molecule has 0 saturated carbocycles. The lowest BCUT2D eigenvalue weighted by molar-refractivity contribution is 0.318. The van der Waals surface area contributed by atoms with Crippen LogP contribution < -0.4 is 10.5 Å². The Bertz CT molecular complexity index is 528. The summed E-state index contributed by atoms with van der Waals surface area (Å²) >= 11 is 5.94. The number of benzene rings is 1. The van der Waals surface area contributed by atoms with Crippen LogP contribution in [0.1, 0.15) is 11.4 Å². The first-order chi connectivity index (χ1) is 8.65. The Balaban J connectivity index is 1.88. The molecule has 2 aromatic rings. The normalized spacial score (nSPS) is 10.3. The van der Waals surface area contributed by atoms with Crippen molar-refractivity contribution in [1.82, 2.24) is 9.97 Å². The third-order valence-electron chi connectivity index (χ3n) is 2.45. The molecule has 0 amide bonds. The molecule has 2 N–H and O–H groups in total. The Kier molecular flexibility index (Phi) is 3.99. The Hall–Kier alpha value is -1.81. The maximum absolute atomic E-state index is 5.94. The standard InChI is InChI=1S/C13H14ClN3O/c1-9-6-11(2-3-12(9)14)18-5-4-13-16-7-10(15)8-17-13/h2-3,6-8H,4-5,15H2,1H3. The first-order valence-corrected chi connectivity index (χ1v) is 5.98. The fourth-order valence-electron chi connectivity index (χ4n) is 1.46. The topological polar surface area (TPSA) is 61.0 Å². The van der Waals surface area contributed by atoms with Crippen molar-refractivity contribution in [3.05, 3.63) is 47.0 Å². The molecule has 94 valence electrons. The largest absolute Gasteiger partial charge is 0.493 e. The molecule has 1 aromatic heterocycles. The van der Waals surface area contributed by atoms with Gasteiger partial charge in [0, 0.05) is 11.4 Å². The van der Waals surface area contributed by atoms with Gasteiger partial charge >= 0.3 is 0 Å². The van der Waals surface area contributed by atoms with Crippen molar-refractivity contribution >= 4 is 17.3 Å². The maximum atomic E-state index is 5.94. The number of halogens is 1. The Morgan fingerprint density at radius 3 is 2.67 bits per heavy atom. The Labute approximate surface area is 111 Å². The first-order valence-electron chi connectivity index (χ1n) is 5.60. The van der Waals surface area contributed by atoms with Gasteiger partial charge in [0.05, 0.1) is 24.7 Å². The van der Waals surface area contributed by atoms with Crippen LogP contribution in [0.4, 0.5) is 5.69 Å². The molecule has 0 radical (unpaired) electrons. The second kappa shape index (κ2) is 5.69. The van der Waals surface area contributed by atoms with Gasteiger partial charge in [0.25, 0.3) is 0 Å². The van der Waals surface area contributed by atoms with Gasteiger partial charge in [-0.05, 0) is 30.7 Å². The number of ether oxygens (including phenoxy) is 1. The van der Waals surface area contributed by atoms with E-state index in [-0.39, 0.29) is 0 Å². The van der Waals surface area contributed by atoms with E-state index in [1.807, 2.05) is 25.1 Å². The van der Waals surface area contributed by atoms with E-state index in [0.717, 1.165) is 22.2 Å². The molecule has 0 aliphatic carbocycles. The second-order valence-electron chi connectivity index (χ2n) is 3.94. The molecule has 0 spiro atoms. The third kappa shape index (κ3) is 3.34. The summed E-state index contributed by atoms with van der Waals surface area (Å²) in [5, 5.41) is 0.740. The van der Waals surface area contributed by atoms with Crippen molar-refractivity contribution in [2.24, 2.45) is 0 Å². The van der Waals surface area contributed by atoms with Crippen molar-refractivity contribution in [2.75, 3.05) is 12.3 Å². The van der Waals surface area contributed by atoms with Crippen LogP contribution in [0.3, 0.4) is 0 Å². The minimum Gasteiger partial charge on any atom is -0.493 e. The highest BCUT2D eigenvalue weighted by atomic mass is 35.5. The molecule has 2 rings (SSSR count). The summed E-state index contributed by atoms with van der Waals surface area (Å²) in [5.41, 5.74) is 7.07. The maximum Gasteiger partial charge on any atom is 0.131 e. The predicted molar refractivity (Wildman–Crippen MR) is 71.8 cm³/mol. The second-order valence-corrected chi connectivity index (χ2v) is 4.35. The molecule has 0 saturated heterocycles. The molecule has 0 bridgehead atoms. The molecule has 1 aromatic carbocycles. The van der Waals surface area contributed by atoms with Crippen LogP contribution in [-0.4, -0.2) is 16.6 Å². The zero-order valence-corrected chi connectivity index (χ0v) is 10.8. The number of nitrogens with zero attached hydrogens (tertiary/aromatic N) is 2. The van der Waals surface area contributed by atoms with E-state index < -0.39 is 0 Å². The number of rotatable bonds is 4. The lowest BCUT2D eigenvalue weighted by atomic mass is 10.2. The summed E-state index contributed by atoms with van der Waals surface area (Å²) in [6.07, 6.45) is 3.82. The summed E-state index contributed by atoms with van der Waals surface area (Å²) in [7, 11) is 0. The highest BCUT2D eigenvalue weighted by Gasteiger charge is 2.00. The fourth-order valence-corrected chi connectivity index (χ4v) is 1.58. The van der Waals surface area contributed by atoms with Crippen LogP contribution in [0, 0.1) is 6.92 Å². The number of anilines is 1. The van der Waals surface area contributed by atoms with E-state index in [1.54, 1.807) is 12.4 Å². The quantitative estimate of drug-likeness (QED) is 0.921. The van der Waals surface area contributed by atoms with Gasteiger partial charge in [0.1, 0.15) is 11.6 Å². The van der Waals surface area contributed by atoms with Crippen LogP contribution in [0.5, 0.6) is 5.75 Å². The molecule has 5 heteroatoms. The summed E-state index contributed by atoms with van der Waals surface area (Å²) in [6, 6.07) is 5.58. The fraction of sp³-hybridized carbons (Fsp3) is 0.231. The minimum absolute atomic E-state index is 0.519. The van der Waals surface area contributed by atoms with Crippen LogP contribution in [0.15, 0.2) is 30.6 Å².